The molecule has 0 spiro atoms. The molecular weight excluding hydrogens is 1310 g/mol. The van der Waals surface area contributed by atoms with Crippen LogP contribution in [0.5, 0.6) is 11.5 Å². The predicted octanol–water partition coefficient (Wildman–Crippen LogP) is 18.0. The van der Waals surface area contributed by atoms with Crippen LogP contribution in [0.15, 0.2) is 48.0 Å². The van der Waals surface area contributed by atoms with Crippen molar-refractivity contribution in [2.45, 2.75) is 175 Å². The summed E-state index contributed by atoms with van der Waals surface area (Å²) in [6.07, 6.45) is 11.1. The number of nitrogens with one attached hydrogen (secondary N) is 5. The van der Waals surface area contributed by atoms with Gasteiger partial charge in [-0.2, -0.15) is 0 Å². The van der Waals surface area contributed by atoms with Crippen molar-refractivity contribution in [2.75, 3.05) is 59.3 Å². The molecule has 0 saturated heterocycles. The molecule has 5 N–H and O–H groups in total. The van der Waals surface area contributed by atoms with Crippen LogP contribution >= 0.6 is 68.4 Å². The zero-order valence-corrected chi connectivity index (χ0v) is 63.5. The molecule has 0 bridgehead atoms. The summed E-state index contributed by atoms with van der Waals surface area (Å²) in [5.41, 5.74) is 11.3. The van der Waals surface area contributed by atoms with E-state index in [4.69, 9.17) is 9.47 Å². The third kappa shape index (κ3) is 19.5. The highest BCUT2D eigenvalue weighted by molar-refractivity contribution is 7.98. The third-order valence-corrected chi connectivity index (χ3v) is 18.8. The molecule has 3 aliphatic heterocycles. The van der Waals surface area contributed by atoms with Crippen LogP contribution in [0.1, 0.15) is 156 Å². The summed E-state index contributed by atoms with van der Waals surface area (Å²) < 4.78 is 12.3. The number of benzene rings is 1. The molecule has 4 aliphatic rings. The number of hydrogen-bond acceptors (Lipinski definition) is 28. The SMILES string of the molecule is CC.CC.CC.CC.CC.CCNc1ncc2c(n1)-c1nc(C)sc1CO2.CCNc1ncc2c(n1)-c1sc(C)nc1CC2.CCNc1ncc2c(n1)-c1sc(C)nc1CO2.CCNc1ncc2c(n1)-c1sc(C)nc1CS2.CCNc1ncc2ccc3nc(C)sc3c2n1. The average molecular weight is 1400 g/mol. The molecule has 0 saturated carbocycles. The average Bonchev–Trinajstić information content (AvgIpc) is 1.77. The van der Waals surface area contributed by atoms with Gasteiger partial charge in [0.1, 0.15) is 36.0 Å². The first kappa shape index (κ1) is 76.3. The second kappa shape index (κ2) is 38.7. The highest BCUT2D eigenvalue weighted by Gasteiger charge is 2.27. The maximum absolute atomic E-state index is 5.61. The van der Waals surface area contributed by atoms with Crippen molar-refractivity contribution in [3.63, 3.8) is 0 Å². The Labute approximate surface area is 584 Å². The van der Waals surface area contributed by atoms with E-state index >= 15 is 0 Å². The minimum Gasteiger partial charge on any atom is -0.484 e. The number of hydrogen-bond donors (Lipinski definition) is 5. The van der Waals surface area contributed by atoms with Crippen LogP contribution in [-0.2, 0) is 31.8 Å². The van der Waals surface area contributed by atoms with Gasteiger partial charge in [-0.1, -0.05) is 69.2 Å². The largest absolute Gasteiger partial charge is 0.484 e. The summed E-state index contributed by atoms with van der Waals surface area (Å²) >= 11 is 10.2. The Morgan fingerprint density at radius 1 is 0.389 bits per heavy atom. The molecule has 13 heterocycles. The van der Waals surface area contributed by atoms with E-state index in [0.29, 0.717) is 48.7 Å². The summed E-state index contributed by atoms with van der Waals surface area (Å²) in [4.78, 5) is 72.3. The molecule has 1 aromatic carbocycles. The van der Waals surface area contributed by atoms with Crippen LogP contribution in [0.25, 0.3) is 64.2 Å². The number of aryl methyl sites for hydroxylation is 7. The predicted molar refractivity (Wildman–Crippen MR) is 402 cm³/mol. The summed E-state index contributed by atoms with van der Waals surface area (Å²) in [7, 11) is 0. The van der Waals surface area contributed by atoms with Gasteiger partial charge in [-0.3, -0.25) is 0 Å². The third-order valence-electron chi connectivity index (χ3n) is 12.8. The number of anilines is 5. The second-order valence-corrected chi connectivity index (χ2v) is 26.2. The molecule has 0 unspecified atom stereocenters. The van der Waals surface area contributed by atoms with Crippen LogP contribution in [-0.4, -0.2) is 107 Å². The molecule has 28 heteroatoms. The topological polar surface area (TPSA) is 272 Å². The van der Waals surface area contributed by atoms with Gasteiger partial charge >= 0.3 is 0 Å². The van der Waals surface area contributed by atoms with Crippen LogP contribution in [0, 0.1) is 34.6 Å². The lowest BCUT2D eigenvalue weighted by molar-refractivity contribution is 0.295. The lowest BCUT2D eigenvalue weighted by Crippen LogP contribution is -2.09. The maximum Gasteiger partial charge on any atom is 0.223 e. The fourth-order valence-corrected chi connectivity index (χ4v) is 15.0. The van der Waals surface area contributed by atoms with E-state index in [1.807, 2.05) is 162 Å². The molecule has 1 aliphatic carbocycles. The number of thiazole rings is 5. The first-order chi connectivity index (χ1) is 46.4. The molecule has 0 amide bonds. The molecule has 15 rings (SSSR count). The lowest BCUT2D eigenvalue weighted by Gasteiger charge is -2.15. The zero-order valence-electron chi connectivity index (χ0n) is 58.6. The Bertz CT molecular complexity index is 3780. The monoisotopic (exact) mass is 1400 g/mol. The van der Waals surface area contributed by atoms with E-state index in [2.05, 4.69) is 108 Å². The van der Waals surface area contributed by atoms with Crippen LogP contribution in [0.3, 0.4) is 0 Å². The highest BCUT2D eigenvalue weighted by atomic mass is 32.2. The first-order valence-corrected chi connectivity index (χ1v) is 37.9. The fraction of sp³-hybridized carbons (Fsp3) is 0.448. The van der Waals surface area contributed by atoms with Crippen LogP contribution in [0.2, 0.25) is 0 Å². The van der Waals surface area contributed by atoms with Crippen LogP contribution < -0.4 is 36.1 Å². The highest BCUT2D eigenvalue weighted by Crippen LogP contribution is 2.44. The van der Waals surface area contributed by atoms with Gasteiger partial charge in [-0.25, -0.2) is 74.8 Å². The Morgan fingerprint density at radius 3 is 1.44 bits per heavy atom. The molecule has 0 radical (unpaired) electrons. The van der Waals surface area contributed by atoms with E-state index in [0.717, 1.165) is 158 Å². The molecule has 0 atom stereocenters. The molecule has 22 nitrogen and oxygen atoms in total. The Hall–Kier alpha value is -7.76. The van der Waals surface area contributed by atoms with Crippen molar-refractivity contribution >= 4 is 119 Å². The normalized spacial score (nSPS) is 11.5. The molecular formula is C67H92N20O2S6. The first-order valence-electron chi connectivity index (χ1n) is 32.8. The van der Waals surface area contributed by atoms with Gasteiger partial charge in [-0.15, -0.1) is 68.4 Å². The smallest absolute Gasteiger partial charge is 0.223 e. The van der Waals surface area contributed by atoms with E-state index in [-0.39, 0.29) is 0 Å². The van der Waals surface area contributed by atoms with Gasteiger partial charge in [0, 0.05) is 62.5 Å². The number of aromatic nitrogens is 15. The van der Waals surface area contributed by atoms with Gasteiger partial charge in [0.15, 0.2) is 11.5 Å². The number of rotatable bonds is 10. The van der Waals surface area contributed by atoms with Gasteiger partial charge in [0.05, 0.1) is 100 Å². The summed E-state index contributed by atoms with van der Waals surface area (Å²) in [5.74, 6) is 5.72. The van der Waals surface area contributed by atoms with Crippen molar-refractivity contribution in [1.29, 1.82) is 0 Å². The number of ether oxygens (including phenoxy) is 2. The Balaban J connectivity index is 0.000000182. The number of thioether (sulfide) groups is 1. The van der Waals surface area contributed by atoms with Crippen LogP contribution in [0.4, 0.5) is 29.7 Å². The van der Waals surface area contributed by atoms with Crippen molar-refractivity contribution in [1.82, 2.24) is 74.8 Å². The van der Waals surface area contributed by atoms with Crippen molar-refractivity contribution in [3.8, 4) is 54.6 Å². The minimum absolute atomic E-state index is 0.511. The summed E-state index contributed by atoms with van der Waals surface area (Å²) in [5, 5.41) is 22.1. The van der Waals surface area contributed by atoms with Crippen molar-refractivity contribution in [2.24, 2.45) is 0 Å². The lowest BCUT2D eigenvalue weighted by atomic mass is 10.00. The molecule has 11 aromatic rings. The number of nitrogens with zero attached hydrogens (tertiary/aromatic N) is 15. The molecule has 10 aromatic heterocycles. The van der Waals surface area contributed by atoms with Gasteiger partial charge < -0.3 is 36.1 Å². The number of fused-ring (bicyclic) bond motifs is 15. The minimum atomic E-state index is 0.511. The van der Waals surface area contributed by atoms with Crippen molar-refractivity contribution in [3.05, 3.63) is 95.7 Å². The summed E-state index contributed by atoms with van der Waals surface area (Å²) in [6.45, 7) is 45.4. The zero-order chi connectivity index (χ0) is 69.1. The van der Waals surface area contributed by atoms with E-state index < -0.39 is 0 Å². The van der Waals surface area contributed by atoms with Gasteiger partial charge in [-0.05, 0) is 99.8 Å². The fourth-order valence-electron chi connectivity index (χ4n) is 9.29. The summed E-state index contributed by atoms with van der Waals surface area (Å²) in [6, 6.07) is 4.05. The molecule has 508 valence electrons. The standard InChI is InChI=1S/C12H14N4S.C12H12N4S.2C11H12N4OS.C11H12N4S2.5C2H6/c2*1-3-13-12-14-6-8-4-5-9-11(10(8)16-12)17-7(2)15-9;1-3-12-11-13-4-8-9(15-11)10-7(5-16-8)14-6(2)17-10;1-3-12-11-13-4-7-9(15-11)10-8(5-16-7)17-6(2)14-10;1-3-12-11-13-4-8-9(15-11)10-7(5-16-8)14-6(2)17-10;5*1-2/h6H,3-5H2,1-2H3,(H,13,14,16);4-6H,3H2,1-2H3,(H,13,14,16);3*4H,3,5H2,1-2H3,(H,12,13,15);5*1-2H3. The van der Waals surface area contributed by atoms with E-state index in [1.165, 1.54) is 21.0 Å². The molecule has 95 heavy (non-hydrogen) atoms. The van der Waals surface area contributed by atoms with Gasteiger partial charge in [0.25, 0.3) is 0 Å². The maximum atomic E-state index is 5.61. The Morgan fingerprint density at radius 2 is 0.842 bits per heavy atom. The quantitative estimate of drug-likeness (QED) is 0.0851. The van der Waals surface area contributed by atoms with Crippen molar-refractivity contribution < 1.29 is 9.47 Å². The Kier molecular flexibility index (Phi) is 31.1. The second-order valence-electron chi connectivity index (χ2n) is 19.1. The van der Waals surface area contributed by atoms with E-state index in [1.54, 1.807) is 80.8 Å². The van der Waals surface area contributed by atoms with E-state index in [9.17, 15) is 0 Å². The van der Waals surface area contributed by atoms with Gasteiger partial charge in [0.2, 0.25) is 29.7 Å². The molecule has 0 fully saturated rings.